The van der Waals surface area contributed by atoms with Crippen LogP contribution in [0, 0.1) is 5.41 Å². The monoisotopic (exact) mass is 244 g/mol. The zero-order chi connectivity index (χ0) is 13.9. The molecule has 5 nitrogen and oxygen atoms in total. The third-order valence-electron chi connectivity index (χ3n) is 2.72. The SMILES string of the molecule is CCC(C)(C)NC(=O)NC(C(=O)O)C(C)(C)C. The Balaban J connectivity index is 4.60. The average molecular weight is 244 g/mol. The molecule has 0 spiro atoms. The van der Waals surface area contributed by atoms with Crippen LogP contribution in [-0.4, -0.2) is 28.7 Å². The van der Waals surface area contributed by atoms with Gasteiger partial charge in [0.05, 0.1) is 0 Å². The van der Waals surface area contributed by atoms with E-state index in [0.717, 1.165) is 6.42 Å². The molecule has 100 valence electrons. The van der Waals surface area contributed by atoms with Crippen LogP contribution >= 0.6 is 0 Å². The first kappa shape index (κ1) is 15.7. The Kier molecular flexibility index (Phi) is 4.98. The second-order valence-corrected chi connectivity index (χ2v) is 5.97. The van der Waals surface area contributed by atoms with E-state index >= 15 is 0 Å². The highest BCUT2D eigenvalue weighted by Gasteiger charge is 2.33. The first-order valence-corrected chi connectivity index (χ1v) is 5.81. The molecule has 2 amide bonds. The van der Waals surface area contributed by atoms with Crippen LogP contribution in [0.15, 0.2) is 0 Å². The molecule has 1 atom stereocenters. The summed E-state index contributed by atoms with van der Waals surface area (Å²) in [6.07, 6.45) is 0.772. The Morgan fingerprint density at radius 2 is 1.65 bits per heavy atom. The van der Waals surface area contributed by atoms with Crippen LogP contribution in [0.1, 0.15) is 48.0 Å². The minimum absolute atomic E-state index is 0.342. The summed E-state index contributed by atoms with van der Waals surface area (Å²) in [5.41, 5.74) is -0.870. The Morgan fingerprint density at radius 1 is 1.18 bits per heavy atom. The molecule has 0 aliphatic heterocycles. The molecule has 0 radical (unpaired) electrons. The van der Waals surface area contributed by atoms with Crippen LogP contribution < -0.4 is 10.6 Å². The van der Waals surface area contributed by atoms with Gasteiger partial charge in [0.1, 0.15) is 6.04 Å². The number of hydrogen-bond acceptors (Lipinski definition) is 2. The van der Waals surface area contributed by atoms with E-state index in [2.05, 4.69) is 10.6 Å². The molecule has 0 rings (SSSR count). The smallest absolute Gasteiger partial charge is 0.326 e. The maximum Gasteiger partial charge on any atom is 0.326 e. The van der Waals surface area contributed by atoms with E-state index in [9.17, 15) is 9.59 Å². The van der Waals surface area contributed by atoms with Crippen LogP contribution in [0.3, 0.4) is 0 Å². The van der Waals surface area contributed by atoms with Crippen molar-refractivity contribution in [3.05, 3.63) is 0 Å². The van der Waals surface area contributed by atoms with E-state index in [1.807, 2.05) is 20.8 Å². The van der Waals surface area contributed by atoms with Gasteiger partial charge in [0.2, 0.25) is 0 Å². The van der Waals surface area contributed by atoms with Gasteiger partial charge in [-0.3, -0.25) is 0 Å². The third kappa shape index (κ3) is 5.56. The van der Waals surface area contributed by atoms with Crippen molar-refractivity contribution in [3.63, 3.8) is 0 Å². The molecule has 0 bridgehead atoms. The minimum atomic E-state index is -1.03. The highest BCUT2D eigenvalue weighted by molar-refractivity contribution is 5.83. The maximum absolute atomic E-state index is 11.7. The van der Waals surface area contributed by atoms with Gasteiger partial charge in [-0.15, -0.1) is 0 Å². The quantitative estimate of drug-likeness (QED) is 0.707. The zero-order valence-corrected chi connectivity index (χ0v) is 11.5. The molecule has 5 heteroatoms. The van der Waals surface area contributed by atoms with Gasteiger partial charge in [0.15, 0.2) is 0 Å². The first-order valence-electron chi connectivity index (χ1n) is 5.81. The molecule has 0 aliphatic carbocycles. The number of hydrogen-bond donors (Lipinski definition) is 3. The Hall–Kier alpha value is -1.26. The van der Waals surface area contributed by atoms with Crippen molar-refractivity contribution in [2.24, 2.45) is 5.41 Å². The molecule has 0 aromatic carbocycles. The number of carbonyl (C=O) groups excluding carboxylic acids is 1. The van der Waals surface area contributed by atoms with E-state index in [-0.39, 0.29) is 5.54 Å². The number of carboxylic acid groups (broad SMARTS) is 1. The summed E-state index contributed by atoms with van der Waals surface area (Å²) in [4.78, 5) is 22.8. The van der Waals surface area contributed by atoms with Crippen LogP contribution in [0.25, 0.3) is 0 Å². The predicted molar refractivity (Wildman–Crippen MR) is 66.9 cm³/mol. The summed E-state index contributed by atoms with van der Waals surface area (Å²) in [5, 5.41) is 14.3. The topological polar surface area (TPSA) is 78.4 Å². The predicted octanol–water partition coefficient (Wildman–Crippen LogP) is 1.97. The van der Waals surface area contributed by atoms with Crippen LogP contribution in [0.5, 0.6) is 0 Å². The fraction of sp³-hybridized carbons (Fsp3) is 0.833. The number of aliphatic carboxylic acids is 1. The van der Waals surface area contributed by atoms with Crippen molar-refractivity contribution < 1.29 is 14.7 Å². The molecular formula is C12H24N2O3. The van der Waals surface area contributed by atoms with Gasteiger partial charge in [-0.1, -0.05) is 27.7 Å². The molecule has 0 fully saturated rings. The number of carbonyl (C=O) groups is 2. The van der Waals surface area contributed by atoms with Gasteiger partial charge in [-0.05, 0) is 25.7 Å². The van der Waals surface area contributed by atoms with Crippen molar-refractivity contribution in [1.82, 2.24) is 10.6 Å². The van der Waals surface area contributed by atoms with Crippen LogP contribution in [-0.2, 0) is 4.79 Å². The summed E-state index contributed by atoms with van der Waals surface area (Å²) >= 11 is 0. The van der Waals surface area contributed by atoms with Crippen molar-refractivity contribution in [2.45, 2.75) is 59.5 Å². The van der Waals surface area contributed by atoms with E-state index in [0.29, 0.717) is 0 Å². The number of urea groups is 1. The summed E-state index contributed by atoms with van der Waals surface area (Å²) in [6, 6.07) is -1.35. The largest absolute Gasteiger partial charge is 0.480 e. The van der Waals surface area contributed by atoms with Crippen LogP contribution in [0.2, 0.25) is 0 Å². The molecule has 0 aromatic heterocycles. The first-order chi connectivity index (χ1) is 7.49. The van der Waals surface area contributed by atoms with E-state index < -0.39 is 23.5 Å². The lowest BCUT2D eigenvalue weighted by Gasteiger charge is -2.30. The lowest BCUT2D eigenvalue weighted by Crippen LogP contribution is -2.56. The van der Waals surface area contributed by atoms with Gasteiger partial charge in [0, 0.05) is 5.54 Å². The van der Waals surface area contributed by atoms with Gasteiger partial charge in [0.25, 0.3) is 0 Å². The Labute approximate surface area is 103 Å². The summed E-state index contributed by atoms with van der Waals surface area (Å²) in [7, 11) is 0. The van der Waals surface area contributed by atoms with E-state index in [1.165, 1.54) is 0 Å². The van der Waals surface area contributed by atoms with Crippen LogP contribution in [0.4, 0.5) is 4.79 Å². The number of carboxylic acids is 1. The average Bonchev–Trinajstić information content (AvgIpc) is 2.11. The fourth-order valence-electron chi connectivity index (χ4n) is 1.21. The minimum Gasteiger partial charge on any atom is -0.480 e. The molecule has 3 N–H and O–H groups in total. The molecule has 0 saturated carbocycles. The lowest BCUT2D eigenvalue weighted by atomic mass is 9.87. The maximum atomic E-state index is 11.7. The van der Waals surface area contributed by atoms with Gasteiger partial charge in [-0.25, -0.2) is 9.59 Å². The normalized spacial score (nSPS) is 14.0. The summed E-state index contributed by atoms with van der Waals surface area (Å²) in [5.74, 6) is -1.03. The van der Waals surface area contributed by atoms with E-state index in [4.69, 9.17) is 5.11 Å². The summed E-state index contributed by atoms with van der Waals surface area (Å²) in [6.45, 7) is 11.1. The zero-order valence-electron chi connectivity index (χ0n) is 11.5. The molecule has 1 unspecified atom stereocenters. The number of nitrogens with one attached hydrogen (secondary N) is 2. The molecule has 0 saturated heterocycles. The van der Waals surface area contributed by atoms with Gasteiger partial charge in [-0.2, -0.15) is 0 Å². The van der Waals surface area contributed by atoms with Crippen molar-refractivity contribution in [3.8, 4) is 0 Å². The van der Waals surface area contributed by atoms with E-state index in [1.54, 1.807) is 20.8 Å². The van der Waals surface area contributed by atoms with Gasteiger partial charge >= 0.3 is 12.0 Å². The molecule has 0 aliphatic rings. The molecule has 0 heterocycles. The highest BCUT2D eigenvalue weighted by atomic mass is 16.4. The Bertz CT molecular complexity index is 293. The van der Waals surface area contributed by atoms with Crippen molar-refractivity contribution in [2.75, 3.05) is 0 Å². The molecular weight excluding hydrogens is 220 g/mol. The fourth-order valence-corrected chi connectivity index (χ4v) is 1.21. The molecule has 17 heavy (non-hydrogen) atoms. The second-order valence-electron chi connectivity index (χ2n) is 5.97. The van der Waals surface area contributed by atoms with Crippen molar-refractivity contribution >= 4 is 12.0 Å². The second kappa shape index (κ2) is 5.38. The number of rotatable bonds is 4. The highest BCUT2D eigenvalue weighted by Crippen LogP contribution is 2.19. The van der Waals surface area contributed by atoms with Gasteiger partial charge < -0.3 is 15.7 Å². The third-order valence-corrected chi connectivity index (χ3v) is 2.72. The molecule has 0 aromatic rings. The summed E-state index contributed by atoms with van der Waals surface area (Å²) < 4.78 is 0. The number of amides is 2. The Morgan fingerprint density at radius 3 is 1.94 bits per heavy atom. The standard InChI is InChI=1S/C12H24N2O3/c1-7-12(5,6)14-10(17)13-8(9(15)16)11(2,3)4/h8H,7H2,1-6H3,(H,15,16)(H2,13,14,17). The lowest BCUT2D eigenvalue weighted by molar-refractivity contribution is -0.141. The van der Waals surface area contributed by atoms with Crippen molar-refractivity contribution in [1.29, 1.82) is 0 Å².